The molecule has 8 nitrogen and oxygen atoms in total. The number of rotatable bonds is 9. The highest BCUT2D eigenvalue weighted by Crippen LogP contribution is 2.40. The third-order valence-corrected chi connectivity index (χ3v) is 8.97. The quantitative estimate of drug-likeness (QED) is 0.309. The Kier molecular flexibility index (Phi) is 9.40. The monoisotopic (exact) mass is 575 g/mol. The second-order valence-corrected chi connectivity index (χ2v) is 12.5. The Bertz CT molecular complexity index is 1410. The van der Waals surface area contributed by atoms with Crippen LogP contribution in [0.25, 0.3) is 0 Å². The molecule has 3 aromatic rings. The summed E-state index contributed by atoms with van der Waals surface area (Å²) in [6.07, 6.45) is -1.43. The molecule has 1 heterocycles. The van der Waals surface area contributed by atoms with Crippen LogP contribution in [0.2, 0.25) is 0 Å². The maximum absolute atomic E-state index is 13.8. The van der Waals surface area contributed by atoms with E-state index in [1.54, 1.807) is 19.1 Å². The van der Waals surface area contributed by atoms with E-state index in [2.05, 4.69) is 10.6 Å². The van der Waals surface area contributed by atoms with Crippen LogP contribution in [-0.2, 0) is 22.6 Å². The maximum Gasteiger partial charge on any atom is 0.254 e. The van der Waals surface area contributed by atoms with Crippen molar-refractivity contribution < 1.29 is 24.6 Å². The van der Waals surface area contributed by atoms with Gasteiger partial charge >= 0.3 is 0 Å². The largest absolute Gasteiger partial charge is 0.508 e. The zero-order valence-corrected chi connectivity index (χ0v) is 24.6. The normalized spacial score (nSPS) is 17.5. The van der Waals surface area contributed by atoms with Gasteiger partial charge in [0.05, 0.1) is 11.9 Å². The number of aromatic hydroxyl groups is 1. The van der Waals surface area contributed by atoms with Gasteiger partial charge in [-0.1, -0.05) is 60.7 Å². The van der Waals surface area contributed by atoms with E-state index in [0.717, 1.165) is 16.7 Å². The third-order valence-electron chi connectivity index (χ3n) is 7.59. The van der Waals surface area contributed by atoms with Gasteiger partial charge in [-0.05, 0) is 62.9 Å². The number of carbonyl (C=O) groups is 3. The minimum atomic E-state index is -1.61. The third kappa shape index (κ3) is 6.92. The second-order valence-electron chi connectivity index (χ2n) is 10.9. The molecule has 1 fully saturated rings. The van der Waals surface area contributed by atoms with Crippen molar-refractivity contribution in [1.82, 2.24) is 15.5 Å². The number of aliphatic hydroxyl groups is 1. The number of nitrogens with one attached hydrogen (secondary N) is 2. The molecule has 0 spiro atoms. The van der Waals surface area contributed by atoms with Crippen LogP contribution < -0.4 is 10.6 Å². The molecule has 1 aliphatic heterocycles. The molecule has 3 aromatic carbocycles. The molecule has 3 atom stereocenters. The van der Waals surface area contributed by atoms with Crippen molar-refractivity contribution in [3.8, 4) is 5.75 Å². The fourth-order valence-electron chi connectivity index (χ4n) is 5.07. The second kappa shape index (κ2) is 12.8. The van der Waals surface area contributed by atoms with Gasteiger partial charge in [0.15, 0.2) is 6.10 Å². The van der Waals surface area contributed by atoms with E-state index in [9.17, 15) is 24.6 Å². The van der Waals surface area contributed by atoms with Crippen LogP contribution >= 0.6 is 11.8 Å². The molecule has 0 saturated carbocycles. The summed E-state index contributed by atoms with van der Waals surface area (Å²) in [4.78, 5) is 42.0. The Labute approximate surface area is 245 Å². The summed E-state index contributed by atoms with van der Waals surface area (Å²) in [5.41, 5.74) is 3.50. The fourth-order valence-corrected chi connectivity index (χ4v) is 6.21. The Morgan fingerprint density at radius 3 is 2.39 bits per heavy atom. The summed E-state index contributed by atoms with van der Waals surface area (Å²) in [5.74, 6) is -1.25. The minimum absolute atomic E-state index is 0.0234. The maximum atomic E-state index is 13.8. The van der Waals surface area contributed by atoms with Gasteiger partial charge in [-0.2, -0.15) is 0 Å². The minimum Gasteiger partial charge on any atom is -0.508 e. The van der Waals surface area contributed by atoms with E-state index in [0.29, 0.717) is 12.1 Å². The van der Waals surface area contributed by atoms with E-state index < -0.39 is 34.7 Å². The first-order valence-electron chi connectivity index (χ1n) is 13.6. The summed E-state index contributed by atoms with van der Waals surface area (Å²) >= 11 is 1.46. The number of carbonyl (C=O) groups excluding carboxylic acids is 3. The molecule has 0 radical (unpaired) electrons. The number of hydrogen-bond acceptors (Lipinski definition) is 6. The molecule has 9 heteroatoms. The molecule has 0 unspecified atom stereocenters. The lowest BCUT2D eigenvalue weighted by molar-refractivity contribution is -0.147. The number of hydrogen-bond donors (Lipinski definition) is 4. The number of phenols is 1. The molecule has 0 bridgehead atoms. The Hall–Kier alpha value is -3.82. The zero-order chi connectivity index (χ0) is 29.7. The molecule has 0 aliphatic carbocycles. The Balaban J connectivity index is 1.56. The zero-order valence-electron chi connectivity index (χ0n) is 23.8. The smallest absolute Gasteiger partial charge is 0.254 e. The average molecular weight is 576 g/mol. The predicted molar refractivity (Wildman–Crippen MR) is 160 cm³/mol. The summed E-state index contributed by atoms with van der Waals surface area (Å²) < 4.78 is -0.595. The number of benzene rings is 3. The van der Waals surface area contributed by atoms with Gasteiger partial charge in [0.1, 0.15) is 11.8 Å². The van der Waals surface area contributed by atoms with E-state index in [1.807, 2.05) is 75.4 Å². The highest BCUT2D eigenvalue weighted by molar-refractivity contribution is 8.00. The van der Waals surface area contributed by atoms with Gasteiger partial charge in [-0.15, -0.1) is 11.8 Å². The molecule has 41 heavy (non-hydrogen) atoms. The summed E-state index contributed by atoms with van der Waals surface area (Å²) in [5, 5.41) is 27.3. The molecule has 4 rings (SSSR count). The Morgan fingerprint density at radius 1 is 1.00 bits per heavy atom. The SMILES string of the molecule is Cc1ccccc1CNC(=O)[C@H]1N(C(=O)[C@@H](O)[C@@H](Cc2ccccc2)NC(=O)c2cccc(O)c2C)CSC1(C)C. The highest BCUT2D eigenvalue weighted by atomic mass is 32.2. The van der Waals surface area contributed by atoms with E-state index >= 15 is 0 Å². The van der Waals surface area contributed by atoms with Crippen LogP contribution in [0.5, 0.6) is 5.75 Å². The van der Waals surface area contributed by atoms with Crippen molar-refractivity contribution in [3.63, 3.8) is 0 Å². The van der Waals surface area contributed by atoms with E-state index in [4.69, 9.17) is 0 Å². The van der Waals surface area contributed by atoms with Crippen LogP contribution in [0, 0.1) is 13.8 Å². The van der Waals surface area contributed by atoms with Crippen molar-refractivity contribution >= 4 is 29.5 Å². The summed E-state index contributed by atoms with van der Waals surface area (Å²) in [7, 11) is 0. The lowest BCUT2D eigenvalue weighted by Crippen LogP contribution is -2.58. The first-order valence-corrected chi connectivity index (χ1v) is 14.6. The molecule has 0 aromatic heterocycles. The molecule has 3 amide bonds. The van der Waals surface area contributed by atoms with Crippen molar-refractivity contribution in [1.29, 1.82) is 0 Å². The van der Waals surface area contributed by atoms with Gasteiger partial charge < -0.3 is 25.7 Å². The molecule has 1 aliphatic rings. The topological polar surface area (TPSA) is 119 Å². The van der Waals surface area contributed by atoms with Crippen molar-refractivity contribution in [3.05, 3.63) is 101 Å². The fraction of sp³-hybridized carbons (Fsp3) is 0.344. The predicted octanol–water partition coefficient (Wildman–Crippen LogP) is 3.71. The van der Waals surface area contributed by atoms with Gasteiger partial charge in [0.2, 0.25) is 5.91 Å². The number of aliphatic hydroxyl groups excluding tert-OH is 1. The number of thioether (sulfide) groups is 1. The number of phenolic OH excluding ortho intramolecular Hbond substituents is 1. The summed E-state index contributed by atoms with van der Waals surface area (Å²) in [6, 6.07) is 19.9. The highest BCUT2D eigenvalue weighted by Gasteiger charge is 2.49. The number of nitrogens with zero attached hydrogens (tertiary/aromatic N) is 1. The van der Waals surface area contributed by atoms with Gasteiger partial charge in [-0.3, -0.25) is 14.4 Å². The average Bonchev–Trinajstić information content (AvgIpc) is 3.28. The van der Waals surface area contributed by atoms with Crippen molar-refractivity contribution in [2.24, 2.45) is 0 Å². The molecule has 1 saturated heterocycles. The van der Waals surface area contributed by atoms with Crippen molar-refractivity contribution in [2.75, 3.05) is 5.88 Å². The van der Waals surface area contributed by atoms with Gasteiger partial charge in [-0.25, -0.2) is 0 Å². The number of amides is 3. The standard InChI is InChI=1S/C32H37N3O5S/c1-20-11-8-9-14-23(20)18-33-30(39)28-32(3,4)41-19-35(28)31(40)27(37)25(17-22-12-6-5-7-13-22)34-29(38)24-15-10-16-26(36)21(24)2/h5-16,25,27-28,36-37H,17-19H2,1-4H3,(H,33,39)(H,34,38)/t25-,27+,28-/m1/s1. The van der Waals surface area contributed by atoms with E-state index in [1.165, 1.54) is 22.7 Å². The molecular formula is C32H37N3O5S. The summed E-state index contributed by atoms with van der Waals surface area (Å²) in [6.45, 7) is 7.74. The molecular weight excluding hydrogens is 538 g/mol. The van der Waals surface area contributed by atoms with E-state index in [-0.39, 0.29) is 29.5 Å². The van der Waals surface area contributed by atoms with Gasteiger partial charge in [0.25, 0.3) is 11.8 Å². The lowest BCUT2D eigenvalue weighted by atomic mass is 9.96. The van der Waals surface area contributed by atoms with Crippen LogP contribution in [0.15, 0.2) is 72.8 Å². The Morgan fingerprint density at radius 2 is 1.68 bits per heavy atom. The first kappa shape index (κ1) is 30.1. The van der Waals surface area contributed by atoms with Crippen LogP contribution in [0.3, 0.4) is 0 Å². The lowest BCUT2D eigenvalue weighted by Gasteiger charge is -2.33. The number of aryl methyl sites for hydroxylation is 1. The van der Waals surface area contributed by atoms with Crippen molar-refractivity contribution in [2.45, 2.75) is 63.6 Å². The van der Waals surface area contributed by atoms with Crippen LogP contribution in [0.4, 0.5) is 0 Å². The van der Waals surface area contributed by atoms with Crippen LogP contribution in [0.1, 0.15) is 46.5 Å². The molecule has 4 N–H and O–H groups in total. The molecule has 216 valence electrons. The first-order chi connectivity index (χ1) is 19.5. The van der Waals surface area contributed by atoms with Gasteiger partial charge in [0, 0.05) is 22.4 Å². The van der Waals surface area contributed by atoms with Crippen LogP contribution in [-0.4, -0.2) is 61.6 Å².